The van der Waals surface area contributed by atoms with Crippen molar-refractivity contribution in [3.8, 4) is 5.75 Å². The summed E-state index contributed by atoms with van der Waals surface area (Å²) in [4.78, 5) is 11.2. The maximum absolute atomic E-state index is 11.2. The first-order chi connectivity index (χ1) is 8.08. The minimum Gasteiger partial charge on any atom is -0.489 e. The SMILES string of the molecule is COC(=O)c1ccc(OCC(O)CO)c(N)c1. The third-order valence-corrected chi connectivity index (χ3v) is 2.07. The van der Waals surface area contributed by atoms with Gasteiger partial charge in [-0.25, -0.2) is 4.79 Å². The van der Waals surface area contributed by atoms with Crippen molar-refractivity contribution in [1.29, 1.82) is 0 Å². The van der Waals surface area contributed by atoms with E-state index in [1.54, 1.807) is 0 Å². The van der Waals surface area contributed by atoms with E-state index in [1.165, 1.54) is 25.3 Å². The van der Waals surface area contributed by atoms with Gasteiger partial charge in [-0.2, -0.15) is 0 Å². The van der Waals surface area contributed by atoms with Crippen molar-refractivity contribution in [2.24, 2.45) is 0 Å². The van der Waals surface area contributed by atoms with Crippen LogP contribution in [0.25, 0.3) is 0 Å². The first-order valence-corrected chi connectivity index (χ1v) is 4.98. The van der Waals surface area contributed by atoms with Crippen LogP contribution in [0.5, 0.6) is 5.75 Å². The van der Waals surface area contributed by atoms with E-state index in [0.29, 0.717) is 11.3 Å². The van der Waals surface area contributed by atoms with Gasteiger partial charge in [0.2, 0.25) is 0 Å². The molecule has 6 nitrogen and oxygen atoms in total. The Bertz CT molecular complexity index is 393. The molecule has 1 atom stereocenters. The number of esters is 1. The predicted molar refractivity (Wildman–Crippen MR) is 60.8 cm³/mol. The van der Waals surface area contributed by atoms with Crippen LogP contribution in [0.1, 0.15) is 10.4 Å². The van der Waals surface area contributed by atoms with E-state index in [4.69, 9.17) is 20.7 Å². The molecule has 0 aliphatic rings. The van der Waals surface area contributed by atoms with Crippen LogP contribution in [-0.4, -0.2) is 42.6 Å². The number of aliphatic hydroxyl groups is 2. The molecule has 0 radical (unpaired) electrons. The molecule has 94 valence electrons. The molecule has 0 heterocycles. The van der Waals surface area contributed by atoms with Gasteiger partial charge >= 0.3 is 5.97 Å². The Hall–Kier alpha value is -1.79. The number of nitrogens with two attached hydrogens (primary N) is 1. The largest absolute Gasteiger partial charge is 0.489 e. The molecule has 1 aromatic rings. The summed E-state index contributed by atoms with van der Waals surface area (Å²) in [7, 11) is 1.28. The fourth-order valence-electron chi connectivity index (χ4n) is 1.16. The fraction of sp³-hybridized carbons (Fsp3) is 0.364. The second kappa shape index (κ2) is 6.07. The number of hydrogen-bond acceptors (Lipinski definition) is 6. The van der Waals surface area contributed by atoms with Gasteiger partial charge in [-0.15, -0.1) is 0 Å². The van der Waals surface area contributed by atoms with Crippen molar-refractivity contribution < 1.29 is 24.5 Å². The van der Waals surface area contributed by atoms with E-state index in [0.717, 1.165) is 0 Å². The Morgan fingerprint density at radius 2 is 2.24 bits per heavy atom. The van der Waals surface area contributed by atoms with Gasteiger partial charge in [0.05, 0.1) is 25.0 Å². The Balaban J connectivity index is 2.73. The number of carbonyl (C=O) groups excluding carboxylic acids is 1. The lowest BCUT2D eigenvalue weighted by molar-refractivity contribution is 0.0537. The number of anilines is 1. The van der Waals surface area contributed by atoms with Crippen LogP contribution in [0.15, 0.2) is 18.2 Å². The predicted octanol–water partition coefficient (Wildman–Crippen LogP) is -0.213. The highest BCUT2D eigenvalue weighted by atomic mass is 16.5. The van der Waals surface area contributed by atoms with Crippen LogP contribution < -0.4 is 10.5 Å². The first kappa shape index (κ1) is 13.3. The zero-order valence-electron chi connectivity index (χ0n) is 9.42. The summed E-state index contributed by atoms with van der Waals surface area (Å²) < 4.78 is 9.71. The maximum atomic E-state index is 11.2. The Morgan fingerprint density at radius 1 is 1.53 bits per heavy atom. The van der Waals surface area contributed by atoms with Crippen molar-refractivity contribution in [2.45, 2.75) is 6.10 Å². The van der Waals surface area contributed by atoms with Crippen LogP contribution in [0.2, 0.25) is 0 Å². The molecule has 0 aliphatic heterocycles. The van der Waals surface area contributed by atoms with Gasteiger partial charge in [0.25, 0.3) is 0 Å². The highest BCUT2D eigenvalue weighted by Crippen LogP contribution is 2.23. The lowest BCUT2D eigenvalue weighted by atomic mass is 10.2. The van der Waals surface area contributed by atoms with E-state index in [2.05, 4.69) is 4.74 Å². The van der Waals surface area contributed by atoms with Crippen molar-refractivity contribution in [1.82, 2.24) is 0 Å². The highest BCUT2D eigenvalue weighted by molar-refractivity contribution is 5.90. The smallest absolute Gasteiger partial charge is 0.337 e. The lowest BCUT2D eigenvalue weighted by Gasteiger charge is -2.12. The molecular formula is C11H15NO5. The molecule has 0 bridgehead atoms. The van der Waals surface area contributed by atoms with Gasteiger partial charge in [0, 0.05) is 0 Å². The molecule has 0 spiro atoms. The van der Waals surface area contributed by atoms with E-state index in [1.807, 2.05) is 0 Å². The number of rotatable bonds is 5. The van der Waals surface area contributed by atoms with Gasteiger partial charge in [0.1, 0.15) is 18.5 Å². The molecule has 1 unspecified atom stereocenters. The van der Waals surface area contributed by atoms with E-state index in [-0.39, 0.29) is 18.9 Å². The number of hydrogen-bond donors (Lipinski definition) is 3. The van der Waals surface area contributed by atoms with Crippen LogP contribution in [-0.2, 0) is 4.74 Å². The van der Waals surface area contributed by atoms with Crippen molar-refractivity contribution in [2.75, 3.05) is 26.1 Å². The number of methoxy groups -OCH3 is 1. The number of nitrogen functional groups attached to an aromatic ring is 1. The van der Waals surface area contributed by atoms with Crippen LogP contribution in [0.3, 0.4) is 0 Å². The third kappa shape index (κ3) is 3.61. The zero-order chi connectivity index (χ0) is 12.8. The van der Waals surface area contributed by atoms with E-state index in [9.17, 15) is 4.79 Å². The summed E-state index contributed by atoms with van der Waals surface area (Å²) >= 11 is 0. The van der Waals surface area contributed by atoms with Crippen molar-refractivity contribution in [3.05, 3.63) is 23.8 Å². The molecule has 0 aliphatic carbocycles. The molecule has 0 fully saturated rings. The minimum absolute atomic E-state index is 0.0712. The molecule has 0 saturated carbocycles. The number of benzene rings is 1. The summed E-state index contributed by atoms with van der Waals surface area (Å²) in [5.41, 5.74) is 6.25. The van der Waals surface area contributed by atoms with Gasteiger partial charge in [0.15, 0.2) is 0 Å². The van der Waals surface area contributed by atoms with Gasteiger partial charge < -0.3 is 25.4 Å². The average Bonchev–Trinajstić information content (AvgIpc) is 2.35. The summed E-state index contributed by atoms with van der Waals surface area (Å²) in [5, 5.41) is 17.7. The molecule has 0 aromatic heterocycles. The molecule has 17 heavy (non-hydrogen) atoms. The Kier molecular flexibility index (Phi) is 4.74. The Labute approximate surface area is 98.6 Å². The van der Waals surface area contributed by atoms with Gasteiger partial charge in [-0.05, 0) is 18.2 Å². The molecular weight excluding hydrogens is 226 g/mol. The van der Waals surface area contributed by atoms with E-state index >= 15 is 0 Å². The van der Waals surface area contributed by atoms with Crippen LogP contribution >= 0.6 is 0 Å². The fourth-order valence-corrected chi connectivity index (χ4v) is 1.16. The molecule has 4 N–H and O–H groups in total. The maximum Gasteiger partial charge on any atom is 0.337 e. The molecule has 1 aromatic carbocycles. The summed E-state index contributed by atoms with van der Waals surface area (Å²) in [6.07, 6.45) is -0.963. The van der Waals surface area contributed by atoms with Gasteiger partial charge in [-0.1, -0.05) is 0 Å². The standard InChI is InChI=1S/C11H15NO5/c1-16-11(15)7-2-3-10(9(12)4-7)17-6-8(14)5-13/h2-4,8,13-14H,5-6,12H2,1H3. The summed E-state index contributed by atoms with van der Waals surface area (Å²) in [6, 6.07) is 4.43. The topological polar surface area (TPSA) is 102 Å². The highest BCUT2D eigenvalue weighted by Gasteiger charge is 2.10. The second-order valence-electron chi connectivity index (χ2n) is 3.39. The molecule has 6 heteroatoms. The average molecular weight is 241 g/mol. The van der Waals surface area contributed by atoms with Crippen molar-refractivity contribution in [3.63, 3.8) is 0 Å². The molecule has 0 saturated heterocycles. The number of ether oxygens (including phenoxy) is 2. The molecule has 1 rings (SSSR count). The van der Waals surface area contributed by atoms with Crippen LogP contribution in [0, 0.1) is 0 Å². The first-order valence-electron chi connectivity index (χ1n) is 4.98. The van der Waals surface area contributed by atoms with E-state index < -0.39 is 12.1 Å². The molecule has 0 amide bonds. The summed E-state index contributed by atoms with van der Waals surface area (Å²) in [6.45, 7) is -0.460. The zero-order valence-corrected chi connectivity index (χ0v) is 9.42. The monoisotopic (exact) mass is 241 g/mol. The van der Waals surface area contributed by atoms with Crippen molar-refractivity contribution >= 4 is 11.7 Å². The third-order valence-electron chi connectivity index (χ3n) is 2.07. The number of aliphatic hydroxyl groups excluding tert-OH is 2. The van der Waals surface area contributed by atoms with Crippen LogP contribution in [0.4, 0.5) is 5.69 Å². The number of carbonyl (C=O) groups is 1. The second-order valence-corrected chi connectivity index (χ2v) is 3.39. The summed E-state index contributed by atoms with van der Waals surface area (Å²) in [5.74, 6) is -0.149. The normalized spacial score (nSPS) is 11.9. The quantitative estimate of drug-likeness (QED) is 0.487. The lowest BCUT2D eigenvalue weighted by Crippen LogP contribution is -2.21. The Morgan fingerprint density at radius 3 is 2.76 bits per heavy atom. The van der Waals surface area contributed by atoms with Gasteiger partial charge in [-0.3, -0.25) is 0 Å². The minimum atomic E-state index is -0.963.